The second kappa shape index (κ2) is 5.90. The van der Waals surface area contributed by atoms with Crippen molar-refractivity contribution in [3.63, 3.8) is 0 Å². The van der Waals surface area contributed by atoms with Gasteiger partial charge in [0.1, 0.15) is 0 Å². The molecule has 0 saturated heterocycles. The van der Waals surface area contributed by atoms with Crippen LogP contribution in [0, 0.1) is 0 Å². The zero-order chi connectivity index (χ0) is 10.3. The van der Waals surface area contributed by atoms with E-state index >= 15 is 0 Å². The maximum atomic E-state index is 10.9. The van der Waals surface area contributed by atoms with Gasteiger partial charge in [0.05, 0.1) is 24.7 Å². The number of hydrogen-bond donors (Lipinski definition) is 3. The largest absolute Gasteiger partial charge is 0.480 e. The van der Waals surface area contributed by atoms with Crippen LogP contribution in [0.15, 0.2) is 0 Å². The first-order valence-electron chi connectivity index (χ1n) is 3.72. The number of carbonyl (C=O) groups is 1. The lowest BCUT2D eigenvalue weighted by Gasteiger charge is -2.02. The van der Waals surface area contributed by atoms with Gasteiger partial charge in [0.25, 0.3) is 0 Å². The van der Waals surface area contributed by atoms with E-state index in [9.17, 15) is 13.2 Å². The Morgan fingerprint density at radius 3 is 2.38 bits per heavy atom. The quantitative estimate of drug-likeness (QED) is 0.424. The Hall–Kier alpha value is -0.660. The number of aliphatic hydroxyl groups is 1. The Morgan fingerprint density at radius 1 is 1.31 bits per heavy atom. The molecule has 0 rings (SSSR count). The van der Waals surface area contributed by atoms with Crippen LogP contribution in [0.25, 0.3) is 0 Å². The molecule has 0 radical (unpaired) electrons. The molecule has 3 N–H and O–H groups in total. The SMILES string of the molecule is O=C(O)CNCCS(=O)(=O)CCO. The Labute approximate surface area is 76.5 Å². The molecule has 0 aromatic carbocycles. The third-order valence-corrected chi connectivity index (χ3v) is 2.90. The molecule has 0 bridgehead atoms. The molecule has 78 valence electrons. The molecule has 0 heterocycles. The summed E-state index contributed by atoms with van der Waals surface area (Å²) in [6, 6.07) is 0. The molecule has 0 aliphatic rings. The summed E-state index contributed by atoms with van der Waals surface area (Å²) in [6.45, 7) is -0.565. The number of hydrogen-bond acceptors (Lipinski definition) is 5. The minimum atomic E-state index is -3.24. The summed E-state index contributed by atoms with van der Waals surface area (Å²) in [4.78, 5) is 10.00. The first kappa shape index (κ1) is 12.3. The highest BCUT2D eigenvalue weighted by molar-refractivity contribution is 7.91. The van der Waals surface area contributed by atoms with Crippen molar-refractivity contribution in [2.45, 2.75) is 0 Å². The molecule has 6 nitrogen and oxygen atoms in total. The smallest absolute Gasteiger partial charge is 0.317 e. The van der Waals surface area contributed by atoms with Gasteiger partial charge in [-0.1, -0.05) is 0 Å². The van der Waals surface area contributed by atoms with Crippen molar-refractivity contribution in [1.29, 1.82) is 0 Å². The second-order valence-corrected chi connectivity index (χ2v) is 4.75. The summed E-state index contributed by atoms with van der Waals surface area (Å²) in [5.74, 6) is -1.46. The zero-order valence-corrected chi connectivity index (χ0v) is 7.88. The van der Waals surface area contributed by atoms with Gasteiger partial charge >= 0.3 is 5.97 Å². The maximum Gasteiger partial charge on any atom is 0.317 e. The Balaban J connectivity index is 3.58. The summed E-state index contributed by atoms with van der Waals surface area (Å²) in [5, 5.41) is 19.0. The van der Waals surface area contributed by atoms with Crippen LogP contribution in [0.1, 0.15) is 0 Å². The van der Waals surface area contributed by atoms with Gasteiger partial charge in [-0.05, 0) is 0 Å². The third kappa shape index (κ3) is 7.69. The first-order valence-corrected chi connectivity index (χ1v) is 5.54. The molecular formula is C6H13NO5S. The monoisotopic (exact) mass is 211 g/mol. The van der Waals surface area contributed by atoms with Crippen molar-refractivity contribution >= 4 is 15.8 Å². The van der Waals surface area contributed by atoms with Crippen LogP contribution >= 0.6 is 0 Å². The van der Waals surface area contributed by atoms with E-state index in [1.807, 2.05) is 0 Å². The average molecular weight is 211 g/mol. The van der Waals surface area contributed by atoms with E-state index in [4.69, 9.17) is 10.2 Å². The highest BCUT2D eigenvalue weighted by Gasteiger charge is 2.08. The minimum Gasteiger partial charge on any atom is -0.480 e. The van der Waals surface area contributed by atoms with E-state index in [0.717, 1.165) is 0 Å². The summed E-state index contributed by atoms with van der Waals surface area (Å²) in [7, 11) is -3.24. The van der Waals surface area contributed by atoms with Crippen LogP contribution in [0.5, 0.6) is 0 Å². The molecule has 0 unspecified atom stereocenters. The van der Waals surface area contributed by atoms with Gasteiger partial charge in [-0.25, -0.2) is 8.42 Å². The highest BCUT2D eigenvalue weighted by atomic mass is 32.2. The van der Waals surface area contributed by atoms with Gasteiger partial charge in [-0.3, -0.25) is 4.79 Å². The molecule has 0 aliphatic heterocycles. The van der Waals surface area contributed by atoms with Gasteiger partial charge in [0.2, 0.25) is 0 Å². The van der Waals surface area contributed by atoms with Crippen molar-refractivity contribution in [3.05, 3.63) is 0 Å². The molecule has 0 saturated carbocycles. The molecule has 0 aliphatic carbocycles. The van der Waals surface area contributed by atoms with Gasteiger partial charge in [0.15, 0.2) is 9.84 Å². The van der Waals surface area contributed by atoms with E-state index in [-0.39, 0.29) is 24.6 Å². The number of sulfone groups is 1. The molecule has 0 atom stereocenters. The van der Waals surface area contributed by atoms with Gasteiger partial charge in [-0.2, -0.15) is 0 Å². The van der Waals surface area contributed by atoms with Crippen LogP contribution in [0.3, 0.4) is 0 Å². The number of aliphatic hydroxyl groups excluding tert-OH is 1. The molecule has 0 spiro atoms. The fourth-order valence-electron chi connectivity index (χ4n) is 0.664. The van der Waals surface area contributed by atoms with E-state index < -0.39 is 22.4 Å². The van der Waals surface area contributed by atoms with Gasteiger partial charge in [-0.15, -0.1) is 0 Å². The van der Waals surface area contributed by atoms with Gasteiger partial charge in [0, 0.05) is 6.54 Å². The number of nitrogens with one attached hydrogen (secondary N) is 1. The fraction of sp³-hybridized carbons (Fsp3) is 0.833. The van der Waals surface area contributed by atoms with Crippen molar-refractivity contribution in [1.82, 2.24) is 5.32 Å². The van der Waals surface area contributed by atoms with Crippen LogP contribution < -0.4 is 5.32 Å². The minimum absolute atomic E-state index is 0.0919. The van der Waals surface area contributed by atoms with E-state index in [2.05, 4.69) is 5.32 Å². The summed E-state index contributed by atoms with van der Waals surface area (Å²) in [6.07, 6.45) is 0. The highest BCUT2D eigenvalue weighted by Crippen LogP contribution is 1.87. The maximum absolute atomic E-state index is 10.9. The molecule has 0 amide bonds. The second-order valence-electron chi connectivity index (χ2n) is 2.45. The summed E-state index contributed by atoms with van der Waals surface area (Å²) < 4.78 is 21.9. The summed E-state index contributed by atoms with van der Waals surface area (Å²) >= 11 is 0. The zero-order valence-electron chi connectivity index (χ0n) is 7.06. The number of carboxylic acids is 1. The normalized spacial score (nSPS) is 11.5. The van der Waals surface area contributed by atoms with Crippen LogP contribution in [0.4, 0.5) is 0 Å². The van der Waals surface area contributed by atoms with Crippen LogP contribution in [-0.2, 0) is 14.6 Å². The van der Waals surface area contributed by atoms with Gasteiger partial charge < -0.3 is 15.5 Å². The Bertz CT molecular complexity index is 248. The van der Waals surface area contributed by atoms with Crippen LogP contribution in [0.2, 0.25) is 0 Å². The van der Waals surface area contributed by atoms with Crippen LogP contribution in [-0.4, -0.2) is 55.8 Å². The number of carboxylic acid groups (broad SMARTS) is 1. The molecule has 0 aromatic rings. The van der Waals surface area contributed by atoms with E-state index in [1.165, 1.54) is 0 Å². The molecule has 7 heteroatoms. The number of aliphatic carboxylic acids is 1. The lowest BCUT2D eigenvalue weighted by atomic mass is 10.6. The van der Waals surface area contributed by atoms with Crippen molar-refractivity contribution < 1.29 is 23.4 Å². The first-order chi connectivity index (χ1) is 5.98. The predicted molar refractivity (Wildman–Crippen MR) is 46.2 cm³/mol. The van der Waals surface area contributed by atoms with Crippen molar-refractivity contribution in [3.8, 4) is 0 Å². The van der Waals surface area contributed by atoms with E-state index in [0.29, 0.717) is 0 Å². The molecule has 13 heavy (non-hydrogen) atoms. The Morgan fingerprint density at radius 2 is 1.92 bits per heavy atom. The summed E-state index contributed by atoms with van der Waals surface area (Å²) in [5.41, 5.74) is 0. The molecule has 0 aromatic heterocycles. The molecular weight excluding hydrogens is 198 g/mol. The average Bonchev–Trinajstić information content (AvgIpc) is 1.98. The fourth-order valence-corrected chi connectivity index (χ4v) is 1.60. The lowest BCUT2D eigenvalue weighted by molar-refractivity contribution is -0.135. The third-order valence-electron chi connectivity index (χ3n) is 1.27. The standard InChI is InChI=1S/C6H13NO5S/c8-2-4-13(11,12)3-1-7-5-6(9)10/h7-8H,1-5H2,(H,9,10). The van der Waals surface area contributed by atoms with Crippen molar-refractivity contribution in [2.24, 2.45) is 0 Å². The molecule has 0 fully saturated rings. The van der Waals surface area contributed by atoms with E-state index in [1.54, 1.807) is 0 Å². The topological polar surface area (TPSA) is 104 Å². The number of rotatable bonds is 7. The Kier molecular flexibility index (Phi) is 5.60. The van der Waals surface area contributed by atoms with Crippen molar-refractivity contribution in [2.75, 3.05) is 31.2 Å². The lowest BCUT2D eigenvalue weighted by Crippen LogP contribution is -2.29. The predicted octanol–water partition coefficient (Wildman–Crippen LogP) is -1.93.